The Kier molecular flexibility index (Phi) is 6.78. The number of carbonyl (C=O) groups excluding carboxylic acids is 4. The number of ether oxygens (including phenoxy) is 2. The number of hydrogen-bond donors (Lipinski definition) is 4. The van der Waals surface area contributed by atoms with E-state index in [1.807, 2.05) is 6.07 Å². The highest BCUT2D eigenvalue weighted by atomic mass is 16.5. The van der Waals surface area contributed by atoms with Gasteiger partial charge in [0, 0.05) is 23.4 Å². The number of esters is 1. The van der Waals surface area contributed by atoms with Crippen molar-refractivity contribution in [3.8, 4) is 5.75 Å². The summed E-state index contributed by atoms with van der Waals surface area (Å²) in [6, 6.07) is 5.13. The molecule has 2 heterocycles. The van der Waals surface area contributed by atoms with E-state index >= 15 is 0 Å². The van der Waals surface area contributed by atoms with Crippen molar-refractivity contribution in [2.24, 2.45) is 5.92 Å². The molecule has 3 rings (SSSR count). The van der Waals surface area contributed by atoms with Crippen LogP contribution >= 0.6 is 0 Å². The van der Waals surface area contributed by atoms with E-state index < -0.39 is 29.9 Å². The molecule has 1 aromatic heterocycles. The van der Waals surface area contributed by atoms with Gasteiger partial charge in [-0.3, -0.25) is 14.4 Å². The molecule has 2 aromatic rings. The van der Waals surface area contributed by atoms with Crippen molar-refractivity contribution >= 4 is 34.6 Å². The van der Waals surface area contributed by atoms with Crippen molar-refractivity contribution in [3.05, 3.63) is 30.0 Å². The largest absolute Gasteiger partial charge is 0.496 e. The lowest BCUT2D eigenvalue weighted by Crippen LogP contribution is -2.51. The summed E-state index contributed by atoms with van der Waals surface area (Å²) in [6.07, 6.45) is 0.713. The third-order valence-corrected chi connectivity index (χ3v) is 5.31. The quantitative estimate of drug-likeness (QED) is 0.449. The molecule has 31 heavy (non-hydrogen) atoms. The number of carbonyl (C=O) groups is 4. The van der Waals surface area contributed by atoms with E-state index in [2.05, 4.69) is 20.9 Å². The number of benzene rings is 1. The molecule has 10 nitrogen and oxygen atoms in total. The first-order valence-electron chi connectivity index (χ1n) is 9.96. The Hall–Kier alpha value is -3.56. The Balaban J connectivity index is 1.65. The lowest BCUT2D eigenvalue weighted by Gasteiger charge is -2.21. The molecular formula is C21H26N4O6. The Morgan fingerprint density at radius 2 is 2.00 bits per heavy atom. The number of aromatic nitrogens is 1. The molecule has 0 unspecified atom stereocenters. The molecule has 166 valence electrons. The molecule has 10 heteroatoms. The first-order valence-corrected chi connectivity index (χ1v) is 9.96. The highest BCUT2D eigenvalue weighted by molar-refractivity contribution is 6.01. The van der Waals surface area contributed by atoms with Crippen LogP contribution in [0.4, 0.5) is 0 Å². The summed E-state index contributed by atoms with van der Waals surface area (Å²) in [5, 5.41) is 8.62. The second kappa shape index (κ2) is 9.50. The van der Waals surface area contributed by atoms with Crippen LogP contribution in [-0.2, 0) is 19.1 Å². The lowest BCUT2D eigenvalue weighted by atomic mass is 9.98. The Morgan fingerprint density at radius 1 is 1.23 bits per heavy atom. The maximum Gasteiger partial charge on any atom is 0.328 e. The zero-order chi connectivity index (χ0) is 22.5. The standard InChI is InChI=1S/C21H26N4O6/c1-11(18(26)25-16(21(29)31-3)9-12-7-8-22-19(12)27)23-20(28)15-10-13-14(24-15)5-4-6-17(13)30-2/h4-6,10-12,16,24H,7-9H2,1-3H3,(H,22,27)(H,23,28)(H,25,26)/t11-,12-,16-/m0/s1. The van der Waals surface area contributed by atoms with Crippen LogP contribution in [-0.4, -0.2) is 61.5 Å². The third kappa shape index (κ3) is 4.96. The van der Waals surface area contributed by atoms with Gasteiger partial charge in [-0.2, -0.15) is 0 Å². The van der Waals surface area contributed by atoms with Crippen molar-refractivity contribution in [1.82, 2.24) is 20.9 Å². The van der Waals surface area contributed by atoms with Crippen LogP contribution < -0.4 is 20.7 Å². The van der Waals surface area contributed by atoms with Crippen LogP contribution in [0.15, 0.2) is 24.3 Å². The van der Waals surface area contributed by atoms with Gasteiger partial charge in [-0.1, -0.05) is 6.07 Å². The monoisotopic (exact) mass is 430 g/mol. The molecule has 1 fully saturated rings. The minimum atomic E-state index is -0.983. The second-order valence-corrected chi connectivity index (χ2v) is 7.40. The topological polar surface area (TPSA) is 139 Å². The van der Waals surface area contributed by atoms with Crippen LogP contribution in [0.5, 0.6) is 5.75 Å². The Labute approximate surface area is 179 Å². The fourth-order valence-corrected chi connectivity index (χ4v) is 3.58. The number of aromatic amines is 1. The van der Waals surface area contributed by atoms with Crippen molar-refractivity contribution in [1.29, 1.82) is 0 Å². The van der Waals surface area contributed by atoms with Gasteiger partial charge in [0.25, 0.3) is 5.91 Å². The normalized spacial score (nSPS) is 17.5. The first-order chi connectivity index (χ1) is 14.8. The molecule has 3 amide bonds. The van der Waals surface area contributed by atoms with E-state index in [1.165, 1.54) is 14.0 Å². The molecule has 0 spiro atoms. The van der Waals surface area contributed by atoms with E-state index in [1.54, 1.807) is 25.3 Å². The SMILES string of the molecule is COC(=O)[C@H](C[C@@H]1CCNC1=O)NC(=O)[C@H](C)NC(=O)c1cc2c(OC)cccc2[nH]1. The Morgan fingerprint density at radius 3 is 2.65 bits per heavy atom. The molecule has 0 saturated carbocycles. The predicted molar refractivity (Wildman–Crippen MR) is 111 cm³/mol. The van der Waals surface area contributed by atoms with Crippen molar-refractivity contribution < 1.29 is 28.7 Å². The van der Waals surface area contributed by atoms with Crippen molar-refractivity contribution in [2.45, 2.75) is 31.8 Å². The van der Waals surface area contributed by atoms with Gasteiger partial charge in [0.05, 0.1) is 14.2 Å². The molecule has 1 saturated heterocycles. The van der Waals surface area contributed by atoms with Crippen LogP contribution in [0.25, 0.3) is 10.9 Å². The number of H-pyrrole nitrogens is 1. The summed E-state index contributed by atoms with van der Waals surface area (Å²) in [7, 11) is 2.76. The average Bonchev–Trinajstić information content (AvgIpc) is 3.38. The summed E-state index contributed by atoms with van der Waals surface area (Å²) >= 11 is 0. The maximum absolute atomic E-state index is 12.6. The van der Waals surface area contributed by atoms with Gasteiger partial charge in [0.2, 0.25) is 11.8 Å². The summed E-state index contributed by atoms with van der Waals surface area (Å²) in [6.45, 7) is 2.04. The average molecular weight is 430 g/mol. The van der Waals surface area contributed by atoms with Crippen molar-refractivity contribution in [3.63, 3.8) is 0 Å². The highest BCUT2D eigenvalue weighted by Crippen LogP contribution is 2.26. The molecule has 1 aliphatic rings. The molecule has 1 aliphatic heterocycles. The predicted octanol–water partition coefficient (Wildman–Crippen LogP) is 0.479. The number of amides is 3. The summed E-state index contributed by atoms with van der Waals surface area (Å²) in [5.41, 5.74) is 0.994. The van der Waals surface area contributed by atoms with Crippen molar-refractivity contribution in [2.75, 3.05) is 20.8 Å². The number of methoxy groups -OCH3 is 2. The van der Waals surface area contributed by atoms with Gasteiger partial charge in [-0.05, 0) is 38.0 Å². The Bertz CT molecular complexity index is 1000. The molecule has 4 N–H and O–H groups in total. The summed E-state index contributed by atoms with van der Waals surface area (Å²) < 4.78 is 10.0. The molecule has 0 radical (unpaired) electrons. The second-order valence-electron chi connectivity index (χ2n) is 7.40. The van der Waals surface area contributed by atoms with Gasteiger partial charge in [-0.25, -0.2) is 4.79 Å². The number of rotatable bonds is 8. The van der Waals surface area contributed by atoms with E-state index in [0.29, 0.717) is 18.7 Å². The minimum absolute atomic E-state index is 0.132. The minimum Gasteiger partial charge on any atom is -0.496 e. The van der Waals surface area contributed by atoms with E-state index in [0.717, 1.165) is 10.9 Å². The fourth-order valence-electron chi connectivity index (χ4n) is 3.58. The molecular weight excluding hydrogens is 404 g/mol. The number of fused-ring (bicyclic) bond motifs is 1. The van der Waals surface area contributed by atoms with Gasteiger partial charge in [0.15, 0.2) is 0 Å². The zero-order valence-electron chi connectivity index (χ0n) is 17.6. The van der Waals surface area contributed by atoms with E-state index in [-0.39, 0.29) is 23.9 Å². The van der Waals surface area contributed by atoms with Crippen LogP contribution in [0.3, 0.4) is 0 Å². The highest BCUT2D eigenvalue weighted by Gasteiger charge is 2.33. The molecule has 1 aromatic carbocycles. The summed E-state index contributed by atoms with van der Waals surface area (Å²) in [4.78, 5) is 52.1. The van der Waals surface area contributed by atoms with Gasteiger partial charge >= 0.3 is 5.97 Å². The number of nitrogens with one attached hydrogen (secondary N) is 4. The van der Waals surface area contributed by atoms with Crippen LogP contribution in [0.1, 0.15) is 30.3 Å². The van der Waals surface area contributed by atoms with Crippen LogP contribution in [0.2, 0.25) is 0 Å². The van der Waals surface area contributed by atoms with Crippen LogP contribution in [0, 0.1) is 5.92 Å². The summed E-state index contributed by atoms with van der Waals surface area (Å²) in [5.74, 6) is -1.60. The molecule has 0 bridgehead atoms. The van der Waals surface area contributed by atoms with Gasteiger partial charge < -0.3 is 30.4 Å². The molecule has 0 aliphatic carbocycles. The first kappa shape index (κ1) is 22.1. The lowest BCUT2D eigenvalue weighted by molar-refractivity contribution is -0.146. The van der Waals surface area contributed by atoms with Gasteiger partial charge in [-0.15, -0.1) is 0 Å². The molecule has 3 atom stereocenters. The van der Waals surface area contributed by atoms with E-state index in [9.17, 15) is 19.2 Å². The zero-order valence-corrected chi connectivity index (χ0v) is 17.6. The number of hydrogen-bond acceptors (Lipinski definition) is 6. The smallest absolute Gasteiger partial charge is 0.328 e. The fraction of sp³-hybridized carbons (Fsp3) is 0.429. The maximum atomic E-state index is 12.6. The van der Waals surface area contributed by atoms with Gasteiger partial charge in [0.1, 0.15) is 23.5 Å². The van der Waals surface area contributed by atoms with E-state index in [4.69, 9.17) is 9.47 Å². The third-order valence-electron chi connectivity index (χ3n) is 5.31.